The lowest BCUT2D eigenvalue weighted by atomic mass is 10.1. The Hall–Kier alpha value is -2.19. The van der Waals surface area contributed by atoms with Gasteiger partial charge in [-0.15, -0.1) is 24.0 Å². The normalized spacial score (nSPS) is 12.4. The van der Waals surface area contributed by atoms with Gasteiger partial charge in [0.05, 0.1) is 0 Å². The summed E-state index contributed by atoms with van der Waals surface area (Å²) in [6.07, 6.45) is -7.83. The minimum absolute atomic E-state index is 0. The minimum Gasteiger partial charge on any atom is -0.484 e. The zero-order valence-electron chi connectivity index (χ0n) is 16.9. The van der Waals surface area contributed by atoms with Crippen LogP contribution in [0.15, 0.2) is 29.4 Å². The van der Waals surface area contributed by atoms with E-state index < -0.39 is 24.7 Å². The zero-order valence-corrected chi connectivity index (χ0v) is 19.2. The van der Waals surface area contributed by atoms with Crippen LogP contribution in [0.2, 0.25) is 0 Å². The fraction of sp³-hybridized carbons (Fsp3) is 0.444. The topological polar surface area (TPSA) is 63.5 Å². The molecule has 0 saturated carbocycles. The van der Waals surface area contributed by atoms with Crippen LogP contribution in [0.25, 0.3) is 0 Å². The second kappa shape index (κ2) is 10.9. The van der Waals surface area contributed by atoms with Gasteiger partial charge in [-0.3, -0.25) is 9.67 Å². The minimum atomic E-state index is -4.60. The maximum Gasteiger partial charge on any atom is 0.435 e. The highest BCUT2D eigenvalue weighted by Gasteiger charge is 2.36. The number of nitrogens with zero attached hydrogens (tertiary/aromatic N) is 3. The number of alkyl halides is 6. The Bertz CT molecular complexity index is 895. The average Bonchev–Trinajstić information content (AvgIpc) is 3.02. The second-order valence-electron chi connectivity index (χ2n) is 6.47. The van der Waals surface area contributed by atoms with Crippen LogP contribution in [-0.2, 0) is 26.3 Å². The number of ether oxygens (including phenoxy) is 1. The molecule has 1 aromatic carbocycles. The van der Waals surface area contributed by atoms with E-state index in [1.54, 1.807) is 19.1 Å². The Kier molecular flexibility index (Phi) is 9.44. The number of hydrogen-bond acceptors (Lipinski definition) is 3. The van der Waals surface area contributed by atoms with Crippen molar-refractivity contribution in [2.75, 3.05) is 13.7 Å². The van der Waals surface area contributed by atoms with Crippen molar-refractivity contribution in [2.24, 2.45) is 12.0 Å². The SMILES string of the molecule is CN=C(NCc1ccc(C)cc1OCC(F)(F)F)NCc1cn(C)nc1C(F)(F)F.I. The maximum atomic E-state index is 13.0. The number of aryl methyl sites for hydroxylation is 2. The highest BCUT2D eigenvalue weighted by Crippen LogP contribution is 2.30. The molecule has 6 nitrogen and oxygen atoms in total. The van der Waals surface area contributed by atoms with Crippen LogP contribution < -0.4 is 15.4 Å². The van der Waals surface area contributed by atoms with Crippen molar-refractivity contribution >= 4 is 29.9 Å². The first-order chi connectivity index (χ1) is 13.9. The summed E-state index contributed by atoms with van der Waals surface area (Å²) in [6.45, 7) is 0.127. The third-order valence-corrected chi connectivity index (χ3v) is 3.90. The molecule has 174 valence electrons. The number of hydrogen-bond donors (Lipinski definition) is 2. The molecule has 2 rings (SSSR count). The van der Waals surface area contributed by atoms with Crippen LogP contribution >= 0.6 is 24.0 Å². The molecule has 1 aromatic heterocycles. The van der Waals surface area contributed by atoms with Gasteiger partial charge in [0.25, 0.3) is 0 Å². The van der Waals surface area contributed by atoms with E-state index in [0.29, 0.717) is 5.56 Å². The maximum absolute atomic E-state index is 13.0. The summed E-state index contributed by atoms with van der Waals surface area (Å²) in [7, 11) is 2.80. The molecule has 0 radical (unpaired) electrons. The van der Waals surface area contributed by atoms with Crippen LogP contribution in [0.1, 0.15) is 22.4 Å². The van der Waals surface area contributed by atoms with Gasteiger partial charge in [-0.05, 0) is 18.6 Å². The summed E-state index contributed by atoms with van der Waals surface area (Å²) in [5, 5.41) is 9.00. The second-order valence-corrected chi connectivity index (χ2v) is 6.47. The van der Waals surface area contributed by atoms with Gasteiger partial charge in [-0.1, -0.05) is 12.1 Å². The van der Waals surface area contributed by atoms with Gasteiger partial charge in [-0.25, -0.2) is 0 Å². The molecule has 31 heavy (non-hydrogen) atoms. The van der Waals surface area contributed by atoms with Crippen molar-refractivity contribution in [3.63, 3.8) is 0 Å². The molecular weight excluding hydrogens is 543 g/mol. The Morgan fingerprint density at radius 2 is 1.71 bits per heavy atom. The number of halogens is 7. The number of nitrogens with one attached hydrogen (secondary N) is 2. The number of aromatic nitrogens is 2. The Balaban J connectivity index is 0.00000480. The molecule has 0 fully saturated rings. The zero-order chi connectivity index (χ0) is 22.5. The molecule has 0 aliphatic heterocycles. The number of benzene rings is 1. The largest absolute Gasteiger partial charge is 0.484 e. The van der Waals surface area contributed by atoms with Crippen LogP contribution in [0.5, 0.6) is 5.75 Å². The fourth-order valence-electron chi connectivity index (χ4n) is 2.59. The first kappa shape index (κ1) is 26.8. The standard InChI is InChI=1S/C18H21F6N5O.HI/c1-11-4-5-12(14(6-11)30-10-17(19,20)21)7-26-16(25-2)27-8-13-9-29(3)28-15(13)18(22,23)24;/h4-6,9H,7-8,10H2,1-3H3,(H2,25,26,27);1H. The van der Waals surface area contributed by atoms with Crippen LogP contribution in [0.4, 0.5) is 26.3 Å². The van der Waals surface area contributed by atoms with Gasteiger partial charge in [0, 0.05) is 44.5 Å². The molecule has 0 atom stereocenters. The monoisotopic (exact) mass is 565 g/mol. The van der Waals surface area contributed by atoms with Crippen LogP contribution in [0, 0.1) is 6.92 Å². The van der Waals surface area contributed by atoms with E-state index in [-0.39, 0.29) is 54.3 Å². The van der Waals surface area contributed by atoms with Crippen LogP contribution in [-0.4, -0.2) is 35.6 Å². The first-order valence-electron chi connectivity index (χ1n) is 8.72. The summed E-state index contributed by atoms with van der Waals surface area (Å²) < 4.78 is 82.4. The van der Waals surface area contributed by atoms with Gasteiger partial charge in [0.2, 0.25) is 0 Å². The van der Waals surface area contributed by atoms with E-state index in [2.05, 4.69) is 20.7 Å². The molecule has 0 bridgehead atoms. The lowest BCUT2D eigenvalue weighted by molar-refractivity contribution is -0.153. The summed E-state index contributed by atoms with van der Waals surface area (Å²) in [5.74, 6) is 0.219. The van der Waals surface area contributed by atoms with Gasteiger partial charge < -0.3 is 15.4 Å². The van der Waals surface area contributed by atoms with E-state index in [4.69, 9.17) is 4.74 Å². The summed E-state index contributed by atoms with van der Waals surface area (Å²) in [5.41, 5.74) is 0.0756. The Morgan fingerprint density at radius 1 is 1.10 bits per heavy atom. The van der Waals surface area contributed by atoms with E-state index in [9.17, 15) is 26.3 Å². The summed E-state index contributed by atoms with van der Waals surface area (Å²) >= 11 is 0. The molecule has 13 heteroatoms. The molecule has 0 aliphatic rings. The van der Waals surface area contributed by atoms with Gasteiger partial charge in [0.1, 0.15) is 5.75 Å². The van der Waals surface area contributed by atoms with Crippen molar-refractivity contribution in [1.82, 2.24) is 20.4 Å². The van der Waals surface area contributed by atoms with Crippen molar-refractivity contribution < 1.29 is 31.1 Å². The number of guanidine groups is 1. The molecule has 0 spiro atoms. The highest BCUT2D eigenvalue weighted by molar-refractivity contribution is 14.0. The van der Waals surface area contributed by atoms with E-state index in [1.807, 2.05) is 0 Å². The van der Waals surface area contributed by atoms with Crippen molar-refractivity contribution in [1.29, 1.82) is 0 Å². The first-order valence-corrected chi connectivity index (χ1v) is 8.72. The predicted octanol–water partition coefficient (Wildman–Crippen LogP) is 4.17. The lowest BCUT2D eigenvalue weighted by Crippen LogP contribution is -2.36. The molecule has 0 saturated heterocycles. The third-order valence-electron chi connectivity index (χ3n) is 3.90. The van der Waals surface area contributed by atoms with E-state index in [1.165, 1.54) is 26.4 Å². The van der Waals surface area contributed by atoms with Gasteiger partial charge in [-0.2, -0.15) is 31.4 Å². The number of aliphatic imine (C=N–C) groups is 1. The molecule has 0 unspecified atom stereocenters. The molecule has 0 aliphatic carbocycles. The predicted molar refractivity (Wildman–Crippen MR) is 113 cm³/mol. The molecule has 2 N–H and O–H groups in total. The summed E-state index contributed by atoms with van der Waals surface area (Å²) in [6, 6.07) is 4.79. The third kappa shape index (κ3) is 8.45. The molecule has 1 heterocycles. The van der Waals surface area contributed by atoms with Crippen molar-refractivity contribution in [2.45, 2.75) is 32.4 Å². The quantitative estimate of drug-likeness (QED) is 0.239. The fourth-order valence-corrected chi connectivity index (χ4v) is 2.59. The Labute approximate surface area is 192 Å². The lowest BCUT2D eigenvalue weighted by Gasteiger charge is -2.16. The molecule has 2 aromatic rings. The van der Waals surface area contributed by atoms with Crippen molar-refractivity contribution in [3.05, 3.63) is 46.8 Å². The van der Waals surface area contributed by atoms with E-state index >= 15 is 0 Å². The highest BCUT2D eigenvalue weighted by atomic mass is 127. The van der Waals surface area contributed by atoms with Crippen LogP contribution in [0.3, 0.4) is 0 Å². The summed E-state index contributed by atoms with van der Waals surface area (Å²) in [4.78, 5) is 3.91. The Morgan fingerprint density at radius 3 is 2.26 bits per heavy atom. The van der Waals surface area contributed by atoms with E-state index in [0.717, 1.165) is 10.2 Å². The molecular formula is C18H22F6IN5O. The number of rotatable bonds is 6. The van der Waals surface area contributed by atoms with Gasteiger partial charge in [0.15, 0.2) is 18.3 Å². The van der Waals surface area contributed by atoms with Crippen molar-refractivity contribution in [3.8, 4) is 5.75 Å². The molecule has 0 amide bonds. The van der Waals surface area contributed by atoms with Gasteiger partial charge >= 0.3 is 12.4 Å². The smallest absolute Gasteiger partial charge is 0.435 e. The average molecular weight is 565 g/mol.